The molecular formula is C21H30O9. The molecule has 0 aliphatic heterocycles. The number of aliphatic hydroxyl groups is 3. The lowest BCUT2D eigenvalue weighted by Gasteiger charge is -2.22. The molecule has 168 valence electrons. The second-order valence-corrected chi connectivity index (χ2v) is 7.02. The summed E-state index contributed by atoms with van der Waals surface area (Å²) in [5.41, 5.74) is -0.755. The highest BCUT2D eigenvalue weighted by molar-refractivity contribution is 6.07. The third kappa shape index (κ3) is 6.51. The number of aromatic carboxylic acids is 3. The van der Waals surface area contributed by atoms with Gasteiger partial charge < -0.3 is 30.6 Å². The second-order valence-electron chi connectivity index (χ2n) is 7.02. The van der Waals surface area contributed by atoms with Crippen LogP contribution < -0.4 is 0 Å². The van der Waals surface area contributed by atoms with Gasteiger partial charge in [-0.05, 0) is 74.5 Å². The second kappa shape index (κ2) is 12.9. The first-order chi connectivity index (χ1) is 14.3. The van der Waals surface area contributed by atoms with Crippen molar-refractivity contribution in [3.8, 4) is 0 Å². The number of unbranched alkanes of at least 4 members (excludes halogenated alkanes) is 3. The van der Waals surface area contributed by atoms with E-state index in [-0.39, 0.29) is 61.3 Å². The van der Waals surface area contributed by atoms with E-state index in [2.05, 4.69) is 0 Å². The highest BCUT2D eigenvalue weighted by Crippen LogP contribution is 2.33. The van der Waals surface area contributed by atoms with Gasteiger partial charge in [-0.15, -0.1) is 0 Å². The minimum atomic E-state index is -1.51. The number of hydrogen-bond donors (Lipinski definition) is 6. The Bertz CT molecular complexity index is 756. The van der Waals surface area contributed by atoms with Gasteiger partial charge in [-0.1, -0.05) is 0 Å². The zero-order valence-electron chi connectivity index (χ0n) is 16.9. The minimum Gasteiger partial charge on any atom is -0.478 e. The van der Waals surface area contributed by atoms with Gasteiger partial charge in [0, 0.05) is 19.8 Å². The monoisotopic (exact) mass is 426 g/mol. The molecule has 30 heavy (non-hydrogen) atoms. The van der Waals surface area contributed by atoms with Crippen LogP contribution in [0.1, 0.15) is 86.3 Å². The predicted molar refractivity (Wildman–Crippen MR) is 107 cm³/mol. The zero-order chi connectivity index (χ0) is 22.7. The van der Waals surface area contributed by atoms with E-state index in [1.807, 2.05) is 0 Å². The first kappa shape index (κ1) is 25.5. The van der Waals surface area contributed by atoms with Crippen molar-refractivity contribution in [3.05, 3.63) is 33.4 Å². The van der Waals surface area contributed by atoms with Crippen LogP contribution in [0.15, 0.2) is 0 Å². The smallest absolute Gasteiger partial charge is 0.336 e. The van der Waals surface area contributed by atoms with Crippen molar-refractivity contribution in [1.29, 1.82) is 0 Å². The van der Waals surface area contributed by atoms with Crippen LogP contribution in [0.4, 0.5) is 0 Å². The van der Waals surface area contributed by atoms with E-state index in [1.165, 1.54) is 0 Å². The molecule has 0 saturated carbocycles. The Morgan fingerprint density at radius 2 is 0.767 bits per heavy atom. The van der Waals surface area contributed by atoms with E-state index in [0.29, 0.717) is 38.5 Å². The summed E-state index contributed by atoms with van der Waals surface area (Å²) in [6, 6.07) is 0. The van der Waals surface area contributed by atoms with Crippen molar-refractivity contribution in [2.75, 3.05) is 19.8 Å². The van der Waals surface area contributed by atoms with Crippen LogP contribution in [0.3, 0.4) is 0 Å². The Kier molecular flexibility index (Phi) is 11.0. The van der Waals surface area contributed by atoms with E-state index in [4.69, 9.17) is 15.3 Å². The summed E-state index contributed by atoms with van der Waals surface area (Å²) in [5, 5.41) is 56.7. The molecular weight excluding hydrogens is 396 g/mol. The van der Waals surface area contributed by atoms with Gasteiger partial charge in [0.1, 0.15) is 0 Å². The molecule has 0 saturated heterocycles. The zero-order valence-corrected chi connectivity index (χ0v) is 16.9. The summed E-state index contributed by atoms with van der Waals surface area (Å²) in [4.78, 5) is 36.3. The molecule has 9 nitrogen and oxygen atoms in total. The minimum absolute atomic E-state index is 0.00796. The standard InChI is InChI=1S/C21H30O9/c22-10-4-1-7-13-14(8-2-5-11-23)17(20(27)28)18(21(29)30)15(9-3-6-12-24)16(13)19(25)26/h22-24H,1-12H2,(H,25,26)(H,27,28)(H,29,30). The fourth-order valence-corrected chi connectivity index (χ4v) is 3.68. The normalized spacial score (nSPS) is 10.9. The Balaban J connectivity index is 3.86. The molecule has 0 atom stereocenters. The lowest BCUT2D eigenvalue weighted by Crippen LogP contribution is -2.22. The number of hydrogen-bond acceptors (Lipinski definition) is 6. The van der Waals surface area contributed by atoms with E-state index in [0.717, 1.165) is 0 Å². The maximum Gasteiger partial charge on any atom is 0.336 e. The van der Waals surface area contributed by atoms with Gasteiger partial charge in [-0.3, -0.25) is 0 Å². The van der Waals surface area contributed by atoms with Crippen molar-refractivity contribution < 1.29 is 45.0 Å². The molecule has 0 heterocycles. The van der Waals surface area contributed by atoms with Crippen LogP contribution >= 0.6 is 0 Å². The molecule has 0 radical (unpaired) electrons. The fourth-order valence-electron chi connectivity index (χ4n) is 3.68. The maximum absolute atomic E-state index is 12.2. The molecule has 0 aromatic heterocycles. The van der Waals surface area contributed by atoms with E-state index in [1.54, 1.807) is 0 Å². The molecule has 0 spiro atoms. The first-order valence-electron chi connectivity index (χ1n) is 10.0. The lowest BCUT2D eigenvalue weighted by molar-refractivity contribution is 0.0646. The largest absolute Gasteiger partial charge is 0.478 e. The van der Waals surface area contributed by atoms with E-state index in [9.17, 15) is 29.7 Å². The van der Waals surface area contributed by atoms with Crippen LogP contribution in [-0.4, -0.2) is 68.4 Å². The lowest BCUT2D eigenvalue weighted by atomic mass is 9.81. The summed E-state index contributed by atoms with van der Waals surface area (Å²) < 4.78 is 0. The molecule has 9 heteroatoms. The van der Waals surface area contributed by atoms with Crippen LogP contribution in [0.2, 0.25) is 0 Å². The molecule has 0 aliphatic carbocycles. The van der Waals surface area contributed by atoms with Crippen LogP contribution in [0.25, 0.3) is 0 Å². The molecule has 6 N–H and O–H groups in total. The quantitative estimate of drug-likeness (QED) is 0.228. The van der Waals surface area contributed by atoms with Gasteiger partial charge in [-0.25, -0.2) is 14.4 Å². The molecule has 0 bridgehead atoms. The number of carbonyl (C=O) groups is 3. The summed E-state index contributed by atoms with van der Waals surface area (Å²) in [6.45, 7) is -0.386. The molecule has 1 aromatic carbocycles. The number of carboxylic acids is 3. The molecule has 0 amide bonds. The maximum atomic E-state index is 12.2. The molecule has 0 fully saturated rings. The predicted octanol–water partition coefficient (Wildman–Crippen LogP) is 1.73. The summed E-state index contributed by atoms with van der Waals surface area (Å²) in [5.74, 6) is -4.30. The SMILES string of the molecule is O=C(O)c1c(CCCCO)c(CCCCO)c(C(=O)O)c(C(=O)O)c1CCCCO. The molecule has 1 rings (SSSR count). The van der Waals surface area contributed by atoms with Crippen molar-refractivity contribution in [1.82, 2.24) is 0 Å². The van der Waals surface area contributed by atoms with Crippen LogP contribution in [0.5, 0.6) is 0 Å². The Labute approximate surface area is 174 Å². The number of rotatable bonds is 15. The van der Waals surface area contributed by atoms with Gasteiger partial charge in [0.15, 0.2) is 0 Å². The van der Waals surface area contributed by atoms with Gasteiger partial charge >= 0.3 is 17.9 Å². The van der Waals surface area contributed by atoms with Crippen molar-refractivity contribution in [2.45, 2.75) is 57.8 Å². The molecule has 1 aromatic rings. The van der Waals surface area contributed by atoms with Crippen LogP contribution in [0, 0.1) is 0 Å². The average molecular weight is 426 g/mol. The van der Waals surface area contributed by atoms with E-state index < -0.39 is 29.0 Å². The van der Waals surface area contributed by atoms with Gasteiger partial charge in [0.25, 0.3) is 0 Å². The number of carboxylic acid groups (broad SMARTS) is 3. The summed E-state index contributed by atoms with van der Waals surface area (Å²) >= 11 is 0. The summed E-state index contributed by atoms with van der Waals surface area (Å²) in [7, 11) is 0. The van der Waals surface area contributed by atoms with Crippen molar-refractivity contribution >= 4 is 17.9 Å². The highest BCUT2D eigenvalue weighted by atomic mass is 16.4. The Morgan fingerprint density at radius 1 is 0.467 bits per heavy atom. The van der Waals surface area contributed by atoms with Crippen LogP contribution in [-0.2, 0) is 19.3 Å². The van der Waals surface area contributed by atoms with Crippen molar-refractivity contribution in [2.24, 2.45) is 0 Å². The number of benzene rings is 1. The molecule has 0 aliphatic rings. The fraction of sp³-hybridized carbons (Fsp3) is 0.571. The number of aliphatic hydroxyl groups excluding tert-OH is 3. The molecule has 0 unspecified atom stereocenters. The third-order valence-corrected chi connectivity index (χ3v) is 4.97. The van der Waals surface area contributed by atoms with Gasteiger partial charge in [0.2, 0.25) is 0 Å². The first-order valence-corrected chi connectivity index (χ1v) is 10.0. The third-order valence-electron chi connectivity index (χ3n) is 4.97. The van der Waals surface area contributed by atoms with Gasteiger partial charge in [0.05, 0.1) is 16.7 Å². The topological polar surface area (TPSA) is 173 Å². The van der Waals surface area contributed by atoms with Gasteiger partial charge in [-0.2, -0.15) is 0 Å². The summed E-state index contributed by atoms with van der Waals surface area (Å²) in [6.07, 6.45) is 2.45. The Hall–Kier alpha value is -2.49. The average Bonchev–Trinajstić information content (AvgIpc) is 2.68. The van der Waals surface area contributed by atoms with E-state index >= 15 is 0 Å². The van der Waals surface area contributed by atoms with Crippen molar-refractivity contribution in [3.63, 3.8) is 0 Å². The highest BCUT2D eigenvalue weighted by Gasteiger charge is 2.32. The Morgan fingerprint density at radius 3 is 1.10 bits per heavy atom.